The largest absolute Gasteiger partial charge is 0.480 e. The van der Waals surface area contributed by atoms with Gasteiger partial charge in [0, 0.05) is 37.6 Å². The molecular weight excluding hydrogens is 484 g/mol. The summed E-state index contributed by atoms with van der Waals surface area (Å²) in [6.45, 7) is 3.43. The van der Waals surface area contributed by atoms with Crippen LogP contribution >= 0.6 is 23.5 Å². The number of rotatable bonds is 6. The second-order valence-electron chi connectivity index (χ2n) is 6.24. The molecule has 0 spiro atoms. The minimum absolute atomic E-state index is 0.0483. The van der Waals surface area contributed by atoms with Gasteiger partial charge in [-0.15, -0.1) is 0 Å². The summed E-state index contributed by atoms with van der Waals surface area (Å²) in [5.41, 5.74) is 5.00. The zero-order valence-corrected chi connectivity index (χ0v) is 20.6. The third-order valence-corrected chi connectivity index (χ3v) is 5.39. The number of benzene rings is 1. The molecule has 0 atom stereocenters. The van der Waals surface area contributed by atoms with E-state index in [1.807, 2.05) is 0 Å². The first-order valence-corrected chi connectivity index (χ1v) is 10.9. The Labute approximate surface area is 205 Å². The lowest BCUT2D eigenvalue weighted by Gasteiger charge is -2.22. The van der Waals surface area contributed by atoms with E-state index < -0.39 is 11.6 Å². The number of hydrogen-bond acceptors (Lipinski definition) is 8. The van der Waals surface area contributed by atoms with Crippen molar-refractivity contribution in [2.75, 3.05) is 33.0 Å². The van der Waals surface area contributed by atoms with Crippen molar-refractivity contribution < 1.29 is 13.5 Å². The normalized spacial score (nSPS) is 16.5. The lowest BCUT2D eigenvalue weighted by atomic mass is 9.96. The van der Waals surface area contributed by atoms with Gasteiger partial charge in [-0.05, 0) is 50.0 Å². The average Bonchev–Trinajstić information content (AvgIpc) is 2.85. The minimum atomic E-state index is -0.802. The summed E-state index contributed by atoms with van der Waals surface area (Å²) in [6, 6.07) is 4.08. The summed E-state index contributed by atoms with van der Waals surface area (Å²) in [5.74, 6) is -0.532. The summed E-state index contributed by atoms with van der Waals surface area (Å²) in [5, 5.41) is 3.36. The van der Waals surface area contributed by atoms with Crippen LogP contribution in [0.3, 0.4) is 0 Å². The van der Waals surface area contributed by atoms with Gasteiger partial charge in [0.25, 0.3) is 0 Å². The predicted octanol–water partition coefficient (Wildman–Crippen LogP) is 4.34. The highest BCUT2D eigenvalue weighted by Gasteiger charge is 2.26. The average molecular weight is 508 g/mol. The molecule has 1 aromatic carbocycles. The molecule has 1 aliphatic rings. The van der Waals surface area contributed by atoms with E-state index in [4.69, 9.17) is 16.3 Å². The summed E-state index contributed by atoms with van der Waals surface area (Å²) in [4.78, 5) is 16.6. The zero-order chi connectivity index (χ0) is 25.3. The number of aliphatic imine (C=N–C) groups is 3. The fourth-order valence-corrected chi connectivity index (χ4v) is 3.92. The quantitative estimate of drug-likeness (QED) is 0.396. The van der Waals surface area contributed by atoms with Gasteiger partial charge in [0.05, 0.1) is 28.3 Å². The maximum atomic E-state index is 15.5. The molecule has 1 aliphatic heterocycles. The smallest absolute Gasteiger partial charge is 0.228 e. The van der Waals surface area contributed by atoms with Crippen molar-refractivity contribution in [1.29, 1.82) is 0 Å². The molecule has 8 nitrogen and oxygen atoms in total. The van der Waals surface area contributed by atoms with Crippen LogP contribution < -0.4 is 20.5 Å². The van der Waals surface area contributed by atoms with E-state index in [2.05, 4.69) is 42.5 Å². The number of methoxy groups -OCH3 is 1. The number of nitrogens with one attached hydrogen (secondary N) is 2. The summed E-state index contributed by atoms with van der Waals surface area (Å²) in [6.07, 6.45) is 4.43. The van der Waals surface area contributed by atoms with Gasteiger partial charge in [0.2, 0.25) is 5.88 Å². The molecule has 12 heteroatoms. The number of anilines is 1. The highest BCUT2D eigenvalue weighted by Crippen LogP contribution is 2.35. The molecule has 2 aromatic rings. The Balaban J connectivity index is 0.00000199. The molecule has 180 valence electrons. The van der Waals surface area contributed by atoms with Gasteiger partial charge in [-0.3, -0.25) is 15.0 Å². The lowest BCUT2D eigenvalue weighted by molar-refractivity contribution is 0.387. The molecule has 34 heavy (non-hydrogen) atoms. The molecule has 0 saturated heterocycles. The number of nitrogens with two attached hydrogens (primary N) is 1. The van der Waals surface area contributed by atoms with Crippen LogP contribution in [-0.2, 0) is 0 Å². The molecule has 0 fully saturated rings. The molecule has 2 heterocycles. The second-order valence-corrected chi connectivity index (χ2v) is 7.53. The number of amidine groups is 2. The van der Waals surface area contributed by atoms with E-state index >= 15 is 4.39 Å². The molecule has 0 radical (unpaired) electrons. The number of hydrogen-bond donors (Lipinski definition) is 3. The third kappa shape index (κ3) is 5.99. The first-order valence-electron chi connectivity index (χ1n) is 9.71. The highest BCUT2D eigenvalue weighted by molar-refractivity contribution is 8.00. The summed E-state index contributed by atoms with van der Waals surface area (Å²) < 4.78 is 38.4. The standard InChI is InChI=1S/C21H19ClF2N6OS.CH5N/c1-25-9-11-7-13(20(27-3)29-19(11)26-2)17-14(23)5-6-15(18(17)24)30-32-16-8-12(22)10-28-21(16)31-4;1-2/h5-10,30H,1H2,2-4H3,(H,26,27,29);2H2,1H3/b11-9-;. The van der Waals surface area contributed by atoms with Crippen molar-refractivity contribution >= 4 is 53.2 Å². The molecule has 0 saturated carbocycles. The number of pyridine rings is 1. The van der Waals surface area contributed by atoms with E-state index in [9.17, 15) is 4.39 Å². The molecular formula is C22H24ClF2N7OS. The van der Waals surface area contributed by atoms with Crippen LogP contribution in [-0.4, -0.2) is 51.6 Å². The Hall–Kier alpha value is -3.28. The Kier molecular flexibility index (Phi) is 10.2. The van der Waals surface area contributed by atoms with Gasteiger partial charge < -0.3 is 20.5 Å². The van der Waals surface area contributed by atoms with Crippen LogP contribution in [0.25, 0.3) is 5.57 Å². The van der Waals surface area contributed by atoms with Crippen LogP contribution in [0.1, 0.15) is 5.56 Å². The maximum Gasteiger partial charge on any atom is 0.228 e. The fraction of sp³-hybridized carbons (Fsp3) is 0.182. The van der Waals surface area contributed by atoms with Crippen molar-refractivity contribution in [3.8, 4) is 5.88 Å². The van der Waals surface area contributed by atoms with Crippen molar-refractivity contribution in [2.45, 2.75) is 4.90 Å². The molecule has 4 N–H and O–H groups in total. The second kappa shape index (κ2) is 12.8. The van der Waals surface area contributed by atoms with E-state index in [0.29, 0.717) is 27.2 Å². The van der Waals surface area contributed by atoms with Crippen LogP contribution in [0.2, 0.25) is 5.02 Å². The van der Waals surface area contributed by atoms with E-state index in [1.165, 1.54) is 45.7 Å². The van der Waals surface area contributed by atoms with Crippen LogP contribution in [0, 0.1) is 11.6 Å². The zero-order valence-electron chi connectivity index (χ0n) is 19.0. The number of nitrogens with zero attached hydrogens (tertiary/aromatic N) is 4. The van der Waals surface area contributed by atoms with Gasteiger partial charge in [-0.2, -0.15) is 0 Å². The van der Waals surface area contributed by atoms with Gasteiger partial charge in [-0.1, -0.05) is 11.6 Å². The van der Waals surface area contributed by atoms with Crippen molar-refractivity contribution in [3.05, 3.63) is 64.5 Å². The predicted molar refractivity (Wildman–Crippen MR) is 137 cm³/mol. The van der Waals surface area contributed by atoms with Crippen LogP contribution in [0.15, 0.2) is 62.1 Å². The number of halogens is 3. The van der Waals surface area contributed by atoms with Gasteiger partial charge >= 0.3 is 0 Å². The Morgan fingerprint density at radius 3 is 2.56 bits per heavy atom. The monoisotopic (exact) mass is 507 g/mol. The van der Waals surface area contributed by atoms with Crippen molar-refractivity contribution in [3.63, 3.8) is 0 Å². The Bertz CT molecular complexity index is 1180. The minimum Gasteiger partial charge on any atom is -0.480 e. The van der Waals surface area contributed by atoms with Gasteiger partial charge in [0.1, 0.15) is 17.5 Å². The van der Waals surface area contributed by atoms with E-state index in [1.54, 1.807) is 19.2 Å². The SMILES string of the molecule is C=N/C=C1/C=C(c2c(F)ccc(NSc3cc(Cl)cnc3OC)c2F)C(=NC)NC1=NC.CN. The molecule has 1 aromatic heterocycles. The molecule has 0 unspecified atom stereocenters. The molecule has 0 aliphatic carbocycles. The summed E-state index contributed by atoms with van der Waals surface area (Å²) >= 11 is 7.02. The third-order valence-electron chi connectivity index (χ3n) is 4.35. The first-order chi connectivity index (χ1) is 16.4. The molecule has 3 rings (SSSR count). The maximum absolute atomic E-state index is 15.5. The van der Waals surface area contributed by atoms with Gasteiger partial charge in [-0.25, -0.2) is 13.8 Å². The molecule has 0 amide bonds. The van der Waals surface area contributed by atoms with E-state index in [0.717, 1.165) is 11.9 Å². The highest BCUT2D eigenvalue weighted by atomic mass is 35.5. The Morgan fingerprint density at radius 1 is 1.24 bits per heavy atom. The first kappa shape index (κ1) is 27.0. The Morgan fingerprint density at radius 2 is 1.94 bits per heavy atom. The van der Waals surface area contributed by atoms with E-state index in [-0.39, 0.29) is 22.7 Å². The summed E-state index contributed by atoms with van der Waals surface area (Å²) in [7, 11) is 6.05. The van der Waals surface area contributed by atoms with Gasteiger partial charge in [0.15, 0.2) is 5.82 Å². The van der Waals surface area contributed by atoms with Crippen molar-refractivity contribution in [1.82, 2.24) is 10.3 Å². The molecule has 0 bridgehead atoms. The number of ether oxygens (including phenoxy) is 1. The van der Waals surface area contributed by atoms with Crippen molar-refractivity contribution in [2.24, 2.45) is 20.7 Å². The number of aromatic nitrogens is 1. The van der Waals surface area contributed by atoms with Crippen LogP contribution in [0.4, 0.5) is 14.5 Å². The van der Waals surface area contributed by atoms with Crippen LogP contribution in [0.5, 0.6) is 5.88 Å². The lowest BCUT2D eigenvalue weighted by Crippen LogP contribution is -2.36. The topological polar surface area (TPSA) is 109 Å². The fourth-order valence-electron chi connectivity index (χ4n) is 2.92.